The predicted octanol–water partition coefficient (Wildman–Crippen LogP) is 5.45. The Hall–Kier alpha value is -1.46. The second kappa shape index (κ2) is 6.75. The molecular formula is C17H17BrN2OS. The average Bonchev–Trinajstić information content (AvgIpc) is 3.11. The molecule has 114 valence electrons. The van der Waals surface area contributed by atoms with Gasteiger partial charge in [-0.3, -0.25) is 0 Å². The molecule has 0 bridgehead atoms. The standard InChI is InChI=1S/C17H17BrN2OS/c1-12(2)22-17-19-10-16(13-5-7-14(18)8-6-13)20(17)11-15-4-3-9-21-15/h3-10,12H,11H2,1-2H3. The van der Waals surface area contributed by atoms with Crippen LogP contribution in [0.5, 0.6) is 0 Å². The Morgan fingerprint density at radius 1 is 1.23 bits per heavy atom. The minimum Gasteiger partial charge on any atom is -0.467 e. The third-order valence-electron chi connectivity index (χ3n) is 3.19. The third kappa shape index (κ3) is 3.47. The summed E-state index contributed by atoms with van der Waals surface area (Å²) < 4.78 is 8.80. The smallest absolute Gasteiger partial charge is 0.169 e. The van der Waals surface area contributed by atoms with Crippen molar-refractivity contribution in [3.63, 3.8) is 0 Å². The number of hydrogen-bond acceptors (Lipinski definition) is 3. The second-order valence-corrected chi connectivity index (χ2v) is 7.72. The van der Waals surface area contributed by atoms with Crippen molar-refractivity contribution in [3.8, 4) is 11.3 Å². The summed E-state index contributed by atoms with van der Waals surface area (Å²) >= 11 is 5.25. The van der Waals surface area contributed by atoms with E-state index in [1.165, 1.54) is 0 Å². The number of halogens is 1. The minimum absolute atomic E-state index is 0.482. The molecule has 0 unspecified atom stereocenters. The number of nitrogens with zero attached hydrogens (tertiary/aromatic N) is 2. The van der Waals surface area contributed by atoms with Gasteiger partial charge in [0.1, 0.15) is 5.76 Å². The van der Waals surface area contributed by atoms with Crippen LogP contribution in [0.15, 0.2) is 62.9 Å². The number of aromatic nitrogens is 2. The van der Waals surface area contributed by atoms with Gasteiger partial charge in [-0.15, -0.1) is 0 Å². The molecule has 0 aliphatic rings. The number of hydrogen-bond donors (Lipinski definition) is 0. The van der Waals surface area contributed by atoms with E-state index < -0.39 is 0 Å². The first-order valence-corrected chi connectivity index (χ1v) is 8.81. The zero-order chi connectivity index (χ0) is 15.5. The maximum atomic E-state index is 5.51. The van der Waals surface area contributed by atoms with Gasteiger partial charge in [0.2, 0.25) is 0 Å². The van der Waals surface area contributed by atoms with E-state index in [9.17, 15) is 0 Å². The molecule has 2 heterocycles. The van der Waals surface area contributed by atoms with Gasteiger partial charge >= 0.3 is 0 Å². The molecule has 0 atom stereocenters. The quantitative estimate of drug-likeness (QED) is 0.554. The normalized spacial score (nSPS) is 11.3. The lowest BCUT2D eigenvalue weighted by Crippen LogP contribution is -2.04. The van der Waals surface area contributed by atoms with Crippen LogP contribution in [0.4, 0.5) is 0 Å². The Kier molecular flexibility index (Phi) is 4.74. The van der Waals surface area contributed by atoms with Gasteiger partial charge in [0.15, 0.2) is 5.16 Å². The molecule has 0 amide bonds. The molecule has 3 rings (SSSR count). The first kappa shape index (κ1) is 15.4. The average molecular weight is 377 g/mol. The molecule has 0 fully saturated rings. The van der Waals surface area contributed by atoms with Crippen LogP contribution in [0.1, 0.15) is 19.6 Å². The molecule has 0 spiro atoms. The van der Waals surface area contributed by atoms with Crippen LogP contribution in [-0.4, -0.2) is 14.8 Å². The van der Waals surface area contributed by atoms with Crippen molar-refractivity contribution in [2.24, 2.45) is 0 Å². The van der Waals surface area contributed by atoms with Crippen molar-refractivity contribution in [2.75, 3.05) is 0 Å². The molecule has 2 aromatic heterocycles. The summed E-state index contributed by atoms with van der Waals surface area (Å²) in [6, 6.07) is 12.2. The van der Waals surface area contributed by atoms with E-state index in [4.69, 9.17) is 4.42 Å². The topological polar surface area (TPSA) is 31.0 Å². The van der Waals surface area contributed by atoms with Gasteiger partial charge in [-0.1, -0.05) is 53.7 Å². The molecular weight excluding hydrogens is 360 g/mol. The molecule has 0 N–H and O–H groups in total. The Balaban J connectivity index is 2.01. The summed E-state index contributed by atoms with van der Waals surface area (Å²) in [6.07, 6.45) is 3.65. The Bertz CT molecular complexity index is 733. The molecule has 0 radical (unpaired) electrons. The van der Waals surface area contributed by atoms with Crippen LogP contribution >= 0.6 is 27.7 Å². The van der Waals surface area contributed by atoms with E-state index in [-0.39, 0.29) is 0 Å². The van der Waals surface area contributed by atoms with Crippen molar-refractivity contribution < 1.29 is 4.42 Å². The number of thioether (sulfide) groups is 1. The molecule has 0 saturated carbocycles. The van der Waals surface area contributed by atoms with Crippen LogP contribution in [0, 0.1) is 0 Å². The Morgan fingerprint density at radius 3 is 2.64 bits per heavy atom. The first-order valence-electron chi connectivity index (χ1n) is 7.14. The zero-order valence-corrected chi connectivity index (χ0v) is 14.9. The van der Waals surface area contributed by atoms with Crippen molar-refractivity contribution in [2.45, 2.75) is 30.8 Å². The van der Waals surface area contributed by atoms with Crippen LogP contribution in [0.2, 0.25) is 0 Å². The maximum absolute atomic E-state index is 5.51. The predicted molar refractivity (Wildman–Crippen MR) is 94.2 cm³/mol. The van der Waals surface area contributed by atoms with E-state index in [2.05, 4.69) is 63.6 Å². The molecule has 1 aromatic carbocycles. The molecule has 0 aliphatic heterocycles. The van der Waals surface area contributed by atoms with Crippen LogP contribution in [-0.2, 0) is 6.54 Å². The fourth-order valence-electron chi connectivity index (χ4n) is 2.23. The van der Waals surface area contributed by atoms with Gasteiger partial charge in [0.05, 0.1) is 24.7 Å². The van der Waals surface area contributed by atoms with E-state index >= 15 is 0 Å². The molecule has 0 aliphatic carbocycles. The highest BCUT2D eigenvalue weighted by molar-refractivity contribution is 9.10. The van der Waals surface area contributed by atoms with Crippen molar-refractivity contribution in [1.82, 2.24) is 9.55 Å². The molecule has 0 saturated heterocycles. The number of imidazole rings is 1. The summed E-state index contributed by atoms with van der Waals surface area (Å²) in [5.41, 5.74) is 2.25. The zero-order valence-electron chi connectivity index (χ0n) is 12.5. The van der Waals surface area contributed by atoms with E-state index in [1.807, 2.05) is 18.3 Å². The van der Waals surface area contributed by atoms with Gasteiger partial charge in [-0.2, -0.15) is 0 Å². The third-order valence-corrected chi connectivity index (χ3v) is 4.73. The highest BCUT2D eigenvalue weighted by atomic mass is 79.9. The second-order valence-electron chi connectivity index (χ2n) is 5.27. The van der Waals surface area contributed by atoms with Crippen LogP contribution < -0.4 is 0 Å². The highest BCUT2D eigenvalue weighted by Crippen LogP contribution is 2.30. The summed E-state index contributed by atoms with van der Waals surface area (Å²) in [5, 5.41) is 1.50. The van der Waals surface area contributed by atoms with E-state index in [0.717, 1.165) is 26.6 Å². The number of furan rings is 1. The Morgan fingerprint density at radius 2 is 2.00 bits per heavy atom. The number of benzene rings is 1. The maximum Gasteiger partial charge on any atom is 0.169 e. The first-order chi connectivity index (χ1) is 10.6. The summed E-state index contributed by atoms with van der Waals surface area (Å²) in [5.74, 6) is 0.932. The lowest BCUT2D eigenvalue weighted by Gasteiger charge is -2.12. The molecule has 22 heavy (non-hydrogen) atoms. The summed E-state index contributed by atoms with van der Waals surface area (Å²) in [7, 11) is 0. The minimum atomic E-state index is 0.482. The fourth-order valence-corrected chi connectivity index (χ4v) is 3.32. The largest absolute Gasteiger partial charge is 0.467 e. The van der Waals surface area contributed by atoms with Gasteiger partial charge < -0.3 is 8.98 Å². The van der Waals surface area contributed by atoms with Gasteiger partial charge in [0.25, 0.3) is 0 Å². The lowest BCUT2D eigenvalue weighted by molar-refractivity contribution is 0.485. The van der Waals surface area contributed by atoms with Gasteiger partial charge in [-0.25, -0.2) is 4.98 Å². The van der Waals surface area contributed by atoms with Gasteiger partial charge in [-0.05, 0) is 29.8 Å². The number of rotatable bonds is 5. The molecule has 5 heteroatoms. The fraction of sp³-hybridized carbons (Fsp3) is 0.235. The van der Waals surface area contributed by atoms with Crippen LogP contribution in [0.3, 0.4) is 0 Å². The molecule has 3 aromatic rings. The summed E-state index contributed by atoms with van der Waals surface area (Å²) in [6.45, 7) is 5.04. The monoisotopic (exact) mass is 376 g/mol. The lowest BCUT2D eigenvalue weighted by atomic mass is 10.2. The summed E-state index contributed by atoms with van der Waals surface area (Å²) in [4.78, 5) is 4.61. The molecule has 3 nitrogen and oxygen atoms in total. The van der Waals surface area contributed by atoms with E-state index in [1.54, 1.807) is 18.0 Å². The van der Waals surface area contributed by atoms with Crippen LogP contribution in [0.25, 0.3) is 11.3 Å². The van der Waals surface area contributed by atoms with Crippen molar-refractivity contribution >= 4 is 27.7 Å². The van der Waals surface area contributed by atoms with Crippen molar-refractivity contribution in [1.29, 1.82) is 0 Å². The van der Waals surface area contributed by atoms with E-state index in [0.29, 0.717) is 11.8 Å². The Labute approximate surface area is 142 Å². The van der Waals surface area contributed by atoms with Gasteiger partial charge in [0, 0.05) is 9.72 Å². The highest BCUT2D eigenvalue weighted by Gasteiger charge is 2.15. The van der Waals surface area contributed by atoms with Crippen molar-refractivity contribution in [3.05, 3.63) is 59.1 Å². The SMILES string of the molecule is CC(C)Sc1ncc(-c2ccc(Br)cc2)n1Cc1ccco1.